The Balaban J connectivity index is 4.43. The molecule has 0 aromatic rings. The summed E-state index contributed by atoms with van der Waals surface area (Å²) in [5, 5.41) is 0. The van der Waals surface area contributed by atoms with Gasteiger partial charge in [0.25, 0.3) is 0 Å². The zero-order chi connectivity index (χ0) is 46.5. The second-order valence-electron chi connectivity index (χ2n) is 17.7. The molecule has 0 fully saturated rings. The first kappa shape index (κ1) is 60.9. The first-order chi connectivity index (χ1) is 31.5. The van der Waals surface area contributed by atoms with Gasteiger partial charge in [-0.15, -0.1) is 0 Å². The second-order valence-corrected chi connectivity index (χ2v) is 17.7. The van der Waals surface area contributed by atoms with E-state index >= 15 is 0 Å². The molecule has 0 aliphatic rings. The van der Waals surface area contributed by atoms with Gasteiger partial charge < -0.3 is 14.2 Å². The van der Waals surface area contributed by atoms with Crippen LogP contribution in [0.3, 0.4) is 0 Å². The molecule has 0 amide bonds. The maximum absolute atomic E-state index is 12.8. The summed E-state index contributed by atoms with van der Waals surface area (Å²) in [6, 6.07) is 0. The molecule has 0 saturated heterocycles. The van der Waals surface area contributed by atoms with Crippen LogP contribution < -0.4 is 0 Å². The van der Waals surface area contributed by atoms with Crippen molar-refractivity contribution in [3.05, 3.63) is 72.9 Å². The van der Waals surface area contributed by atoms with Crippen molar-refractivity contribution in [2.75, 3.05) is 13.2 Å². The summed E-state index contributed by atoms with van der Waals surface area (Å²) in [4.78, 5) is 38.0. The minimum absolute atomic E-state index is 0.0886. The van der Waals surface area contributed by atoms with Crippen LogP contribution in [0.1, 0.15) is 258 Å². The van der Waals surface area contributed by atoms with Crippen LogP contribution in [0.4, 0.5) is 0 Å². The lowest BCUT2D eigenvalue weighted by atomic mass is 10.1. The van der Waals surface area contributed by atoms with E-state index in [2.05, 4.69) is 93.7 Å². The monoisotopic (exact) mass is 893 g/mol. The summed E-state index contributed by atoms with van der Waals surface area (Å²) in [6.07, 6.45) is 65.9. The minimum atomic E-state index is -0.790. The average molecular weight is 893 g/mol. The molecule has 0 heterocycles. The summed E-state index contributed by atoms with van der Waals surface area (Å²) in [5.74, 6) is -0.916. The van der Waals surface area contributed by atoms with E-state index in [1.807, 2.05) is 0 Å². The van der Waals surface area contributed by atoms with Gasteiger partial charge in [0.1, 0.15) is 13.2 Å². The molecule has 0 aromatic heterocycles. The number of hydrogen-bond acceptors (Lipinski definition) is 6. The van der Waals surface area contributed by atoms with E-state index in [1.54, 1.807) is 0 Å². The molecule has 0 radical (unpaired) electrons. The molecule has 0 bridgehead atoms. The van der Waals surface area contributed by atoms with Gasteiger partial charge in [0.2, 0.25) is 0 Å². The highest BCUT2D eigenvalue weighted by atomic mass is 16.6. The lowest BCUT2D eigenvalue weighted by molar-refractivity contribution is -0.167. The standard InChI is InChI=1S/C58H100O6/c1-4-7-10-13-16-19-22-25-28-29-31-33-36-39-42-45-48-51-57(60)63-54-55(53-62-56(59)50-47-44-41-38-35-32-27-24-21-18-15-12-9-6-3)64-58(61)52-49-46-43-40-37-34-30-26-23-20-17-14-11-8-5-2/h7,10,16-17,19-20,24-28,30,55H,4-6,8-9,11-15,18,21-23,29,31-54H2,1-3H3/b10-7-,19-16-,20-17-,27-24-,28-25-,30-26-. The van der Waals surface area contributed by atoms with E-state index in [0.29, 0.717) is 19.3 Å². The number of ether oxygens (including phenoxy) is 3. The molecule has 1 unspecified atom stereocenters. The van der Waals surface area contributed by atoms with Gasteiger partial charge in [-0.3, -0.25) is 14.4 Å². The van der Waals surface area contributed by atoms with Gasteiger partial charge in [-0.05, 0) is 109 Å². The summed E-state index contributed by atoms with van der Waals surface area (Å²) >= 11 is 0. The molecular weight excluding hydrogens is 793 g/mol. The van der Waals surface area contributed by atoms with Gasteiger partial charge in [0, 0.05) is 19.3 Å². The summed E-state index contributed by atoms with van der Waals surface area (Å²) in [5.41, 5.74) is 0. The van der Waals surface area contributed by atoms with Crippen molar-refractivity contribution < 1.29 is 28.6 Å². The zero-order valence-electron chi connectivity index (χ0n) is 42.0. The molecule has 6 nitrogen and oxygen atoms in total. The van der Waals surface area contributed by atoms with Crippen molar-refractivity contribution in [3.8, 4) is 0 Å². The fourth-order valence-electron chi connectivity index (χ4n) is 7.36. The highest BCUT2D eigenvalue weighted by molar-refractivity contribution is 5.71. The number of esters is 3. The van der Waals surface area contributed by atoms with Gasteiger partial charge in [-0.2, -0.15) is 0 Å². The third-order valence-corrected chi connectivity index (χ3v) is 11.4. The van der Waals surface area contributed by atoms with Crippen LogP contribution in [-0.4, -0.2) is 37.2 Å². The lowest BCUT2D eigenvalue weighted by Crippen LogP contribution is -2.30. The topological polar surface area (TPSA) is 78.9 Å². The maximum atomic E-state index is 12.8. The summed E-state index contributed by atoms with van der Waals surface area (Å²) in [6.45, 7) is 6.47. The third-order valence-electron chi connectivity index (χ3n) is 11.4. The minimum Gasteiger partial charge on any atom is -0.462 e. The highest BCUT2D eigenvalue weighted by Crippen LogP contribution is 2.14. The molecule has 0 rings (SSSR count). The molecule has 64 heavy (non-hydrogen) atoms. The number of unbranched alkanes of at least 4 members (excludes halogenated alkanes) is 25. The van der Waals surface area contributed by atoms with Gasteiger partial charge in [0.05, 0.1) is 0 Å². The first-order valence-electron chi connectivity index (χ1n) is 26.9. The summed E-state index contributed by atoms with van der Waals surface area (Å²) in [7, 11) is 0. The molecule has 0 saturated carbocycles. The van der Waals surface area contributed by atoms with Gasteiger partial charge in [-0.1, -0.05) is 203 Å². The maximum Gasteiger partial charge on any atom is 0.306 e. The van der Waals surface area contributed by atoms with Crippen LogP contribution >= 0.6 is 0 Å². The van der Waals surface area contributed by atoms with E-state index in [-0.39, 0.29) is 31.1 Å². The molecular formula is C58H100O6. The molecule has 0 aromatic carbocycles. The first-order valence-corrected chi connectivity index (χ1v) is 26.9. The molecule has 368 valence electrons. The normalized spacial score (nSPS) is 12.6. The molecule has 1 atom stereocenters. The highest BCUT2D eigenvalue weighted by Gasteiger charge is 2.19. The Hall–Kier alpha value is -3.15. The average Bonchev–Trinajstić information content (AvgIpc) is 3.29. The number of carbonyl (C=O) groups is 3. The van der Waals surface area contributed by atoms with E-state index in [0.717, 1.165) is 116 Å². The quantitative estimate of drug-likeness (QED) is 0.0262. The zero-order valence-corrected chi connectivity index (χ0v) is 42.0. The van der Waals surface area contributed by atoms with Crippen LogP contribution in [-0.2, 0) is 28.6 Å². The van der Waals surface area contributed by atoms with Crippen molar-refractivity contribution >= 4 is 17.9 Å². The Morgan fingerprint density at radius 1 is 0.328 bits per heavy atom. The Bertz CT molecular complexity index is 1210. The molecule has 0 aliphatic heterocycles. The SMILES string of the molecule is CC/C=C\C/C=C\C/C=C\CCCCCCCCCC(=O)OCC(COC(=O)CCCCCCC/C=C\CCCCCCC)OC(=O)CCCCCCC/C=C\C/C=C\CCCCC. The molecule has 0 N–H and O–H groups in total. The largest absolute Gasteiger partial charge is 0.462 e. The van der Waals surface area contributed by atoms with Gasteiger partial charge in [0.15, 0.2) is 6.10 Å². The lowest BCUT2D eigenvalue weighted by Gasteiger charge is -2.18. The Morgan fingerprint density at radius 3 is 1.00 bits per heavy atom. The van der Waals surface area contributed by atoms with Crippen LogP contribution in [0.15, 0.2) is 72.9 Å². The van der Waals surface area contributed by atoms with Crippen molar-refractivity contribution in [1.82, 2.24) is 0 Å². The van der Waals surface area contributed by atoms with E-state index < -0.39 is 6.10 Å². The summed E-state index contributed by atoms with van der Waals surface area (Å²) < 4.78 is 16.8. The number of allylic oxidation sites excluding steroid dienone is 12. The fraction of sp³-hybridized carbons (Fsp3) is 0.741. The Morgan fingerprint density at radius 2 is 0.609 bits per heavy atom. The predicted octanol–water partition coefficient (Wildman–Crippen LogP) is 17.8. The number of rotatable bonds is 48. The van der Waals surface area contributed by atoms with Crippen molar-refractivity contribution in [1.29, 1.82) is 0 Å². The van der Waals surface area contributed by atoms with E-state index in [1.165, 1.54) is 103 Å². The van der Waals surface area contributed by atoms with Crippen molar-refractivity contribution in [2.24, 2.45) is 0 Å². The van der Waals surface area contributed by atoms with E-state index in [9.17, 15) is 14.4 Å². The smallest absolute Gasteiger partial charge is 0.306 e. The third kappa shape index (κ3) is 49.9. The van der Waals surface area contributed by atoms with Gasteiger partial charge in [-0.25, -0.2) is 0 Å². The number of hydrogen-bond donors (Lipinski definition) is 0. The van der Waals surface area contributed by atoms with Crippen LogP contribution in [0.5, 0.6) is 0 Å². The van der Waals surface area contributed by atoms with E-state index in [4.69, 9.17) is 14.2 Å². The van der Waals surface area contributed by atoms with Crippen LogP contribution in [0.2, 0.25) is 0 Å². The van der Waals surface area contributed by atoms with Gasteiger partial charge >= 0.3 is 17.9 Å². The molecule has 6 heteroatoms. The Labute approximate surface area is 395 Å². The predicted molar refractivity (Wildman–Crippen MR) is 274 cm³/mol. The second kappa shape index (κ2) is 52.5. The van der Waals surface area contributed by atoms with Crippen molar-refractivity contribution in [3.63, 3.8) is 0 Å². The van der Waals surface area contributed by atoms with Crippen LogP contribution in [0, 0.1) is 0 Å². The van der Waals surface area contributed by atoms with Crippen molar-refractivity contribution in [2.45, 2.75) is 264 Å². The van der Waals surface area contributed by atoms with Crippen LogP contribution in [0.25, 0.3) is 0 Å². The Kier molecular flexibility index (Phi) is 49.9. The molecule has 0 aliphatic carbocycles. The molecule has 0 spiro atoms. The fourth-order valence-corrected chi connectivity index (χ4v) is 7.36. The number of carbonyl (C=O) groups excluding carboxylic acids is 3.